The molecule has 3 aromatic rings. The number of rotatable bonds is 10. The van der Waals surface area contributed by atoms with E-state index in [4.69, 9.17) is 4.42 Å². The summed E-state index contributed by atoms with van der Waals surface area (Å²) >= 11 is 0. The lowest BCUT2D eigenvalue weighted by Gasteiger charge is -2.22. The highest BCUT2D eigenvalue weighted by Crippen LogP contribution is 2.29. The van der Waals surface area contributed by atoms with Gasteiger partial charge in [-0.1, -0.05) is 26.0 Å². The van der Waals surface area contributed by atoms with Crippen molar-refractivity contribution in [2.45, 2.75) is 31.6 Å². The largest absolute Gasteiger partial charge is 0.441 e. The highest BCUT2D eigenvalue weighted by Gasteiger charge is 2.23. The van der Waals surface area contributed by atoms with Gasteiger partial charge >= 0.3 is 0 Å². The van der Waals surface area contributed by atoms with Crippen molar-refractivity contribution in [1.29, 1.82) is 0 Å². The molecule has 0 aliphatic heterocycles. The van der Waals surface area contributed by atoms with Crippen molar-refractivity contribution >= 4 is 27.3 Å². The molecule has 0 aliphatic carbocycles. The molecule has 0 saturated carbocycles. The van der Waals surface area contributed by atoms with Crippen molar-refractivity contribution in [3.63, 3.8) is 0 Å². The number of carbonyl (C=O) groups is 1. The number of halogens is 1. The molecule has 1 amide bonds. The van der Waals surface area contributed by atoms with E-state index in [9.17, 15) is 17.6 Å². The predicted molar refractivity (Wildman–Crippen MR) is 130 cm³/mol. The summed E-state index contributed by atoms with van der Waals surface area (Å²) in [6.45, 7) is 4.25. The summed E-state index contributed by atoms with van der Waals surface area (Å²) in [6, 6.07) is 10.9. The molecule has 0 saturated heterocycles. The summed E-state index contributed by atoms with van der Waals surface area (Å²) in [4.78, 5) is 18.7. The van der Waals surface area contributed by atoms with Crippen LogP contribution in [0.15, 0.2) is 58.0 Å². The summed E-state index contributed by atoms with van der Waals surface area (Å²) in [7, 11) is -0.0643. The van der Waals surface area contributed by atoms with Gasteiger partial charge < -0.3 is 14.6 Å². The number of aryl methyl sites for hydroxylation is 1. The summed E-state index contributed by atoms with van der Waals surface area (Å²) in [6.07, 6.45) is 1.68. The molecule has 1 N–H and O–H groups in total. The number of carbonyl (C=O) groups excluding carboxylic acids is 1. The van der Waals surface area contributed by atoms with E-state index in [1.807, 2.05) is 0 Å². The standard InChI is InChI=1S/C24H29FN4O4S/c1-5-29(6-2)34(31,32)17-11-12-21(28(3)4)20(15-17)27-23(30)13-14-24-26-16-22(33-24)18-9-7-8-10-19(18)25/h7-12,15-16H,5-6,13-14H2,1-4H3,(H,27,30). The van der Waals surface area contributed by atoms with Crippen LogP contribution in [0.4, 0.5) is 15.8 Å². The smallest absolute Gasteiger partial charge is 0.243 e. The number of aromatic nitrogens is 1. The van der Waals surface area contributed by atoms with Crippen LogP contribution in [0, 0.1) is 5.82 Å². The van der Waals surface area contributed by atoms with Gasteiger partial charge in [0.1, 0.15) is 5.82 Å². The monoisotopic (exact) mass is 488 g/mol. The number of nitrogens with zero attached hydrogens (tertiary/aromatic N) is 3. The predicted octanol–water partition coefficient (Wildman–Crippen LogP) is 4.15. The van der Waals surface area contributed by atoms with Crippen molar-refractivity contribution in [3.8, 4) is 11.3 Å². The molecule has 0 spiro atoms. The minimum Gasteiger partial charge on any atom is -0.441 e. The van der Waals surface area contributed by atoms with E-state index >= 15 is 0 Å². The number of amides is 1. The third-order valence-corrected chi connectivity index (χ3v) is 7.37. The van der Waals surface area contributed by atoms with E-state index in [1.165, 1.54) is 28.7 Å². The molecule has 0 unspecified atom stereocenters. The molecule has 1 aromatic heterocycles. The molecule has 3 rings (SSSR count). The van der Waals surface area contributed by atoms with Crippen molar-refractivity contribution < 1.29 is 22.0 Å². The maximum absolute atomic E-state index is 14.0. The van der Waals surface area contributed by atoms with Gasteiger partial charge in [-0.15, -0.1) is 0 Å². The zero-order valence-corrected chi connectivity index (χ0v) is 20.5. The fourth-order valence-electron chi connectivity index (χ4n) is 3.52. The van der Waals surface area contributed by atoms with E-state index in [1.54, 1.807) is 57.1 Å². The minimum atomic E-state index is -3.68. The fourth-order valence-corrected chi connectivity index (χ4v) is 5.01. The molecule has 34 heavy (non-hydrogen) atoms. The van der Waals surface area contributed by atoms with Gasteiger partial charge in [-0.3, -0.25) is 4.79 Å². The van der Waals surface area contributed by atoms with Gasteiger partial charge in [-0.2, -0.15) is 4.31 Å². The first kappa shape index (κ1) is 25.4. The average molecular weight is 489 g/mol. The average Bonchev–Trinajstić information content (AvgIpc) is 3.27. The first-order chi connectivity index (χ1) is 16.2. The molecule has 8 nitrogen and oxygen atoms in total. The number of anilines is 2. The van der Waals surface area contributed by atoms with E-state index in [0.29, 0.717) is 35.9 Å². The molecule has 182 valence electrons. The van der Waals surface area contributed by atoms with E-state index in [0.717, 1.165) is 0 Å². The van der Waals surface area contributed by atoms with Crippen LogP contribution >= 0.6 is 0 Å². The summed E-state index contributed by atoms with van der Waals surface area (Å²) in [5.41, 5.74) is 1.36. The zero-order chi connectivity index (χ0) is 24.9. The second-order valence-electron chi connectivity index (χ2n) is 7.81. The van der Waals surface area contributed by atoms with E-state index in [2.05, 4.69) is 10.3 Å². The quantitative estimate of drug-likeness (QED) is 0.461. The lowest BCUT2D eigenvalue weighted by molar-refractivity contribution is -0.116. The molecule has 2 aromatic carbocycles. The SMILES string of the molecule is CCN(CC)S(=O)(=O)c1ccc(N(C)C)c(NC(=O)CCc2ncc(-c3ccccc3F)o2)c1. The molecule has 0 aliphatic rings. The van der Waals surface area contributed by atoms with Crippen LogP contribution in [-0.2, 0) is 21.2 Å². The van der Waals surface area contributed by atoms with Gasteiger partial charge in [-0.25, -0.2) is 17.8 Å². The van der Waals surface area contributed by atoms with Gasteiger partial charge in [0.2, 0.25) is 15.9 Å². The summed E-state index contributed by atoms with van der Waals surface area (Å²) in [5, 5.41) is 2.80. The van der Waals surface area contributed by atoms with Crippen LogP contribution in [0.5, 0.6) is 0 Å². The van der Waals surface area contributed by atoms with Crippen molar-refractivity contribution in [2.75, 3.05) is 37.4 Å². The Bertz CT molecular complexity index is 1250. The fraction of sp³-hybridized carbons (Fsp3) is 0.333. The number of nitrogens with one attached hydrogen (secondary N) is 1. The van der Waals surface area contributed by atoms with Crippen LogP contribution in [-0.4, -0.2) is 50.8 Å². The lowest BCUT2D eigenvalue weighted by atomic mass is 10.2. The van der Waals surface area contributed by atoms with Crippen molar-refractivity contribution in [2.24, 2.45) is 0 Å². The molecular weight excluding hydrogens is 459 g/mol. The molecule has 0 radical (unpaired) electrons. The Hall–Kier alpha value is -3.24. The maximum Gasteiger partial charge on any atom is 0.243 e. The van der Waals surface area contributed by atoms with Gasteiger partial charge in [-0.05, 0) is 30.3 Å². The first-order valence-corrected chi connectivity index (χ1v) is 12.4. The second kappa shape index (κ2) is 10.8. The number of benzene rings is 2. The number of hydrogen-bond acceptors (Lipinski definition) is 6. The molecule has 10 heteroatoms. The number of hydrogen-bond donors (Lipinski definition) is 1. The molecule has 1 heterocycles. The summed E-state index contributed by atoms with van der Waals surface area (Å²) in [5.74, 6) is -0.151. The van der Waals surface area contributed by atoms with Crippen LogP contribution in [0.3, 0.4) is 0 Å². The Balaban J connectivity index is 1.75. The molecular formula is C24H29FN4O4S. The van der Waals surface area contributed by atoms with Gasteiger partial charge in [0.25, 0.3) is 0 Å². The highest BCUT2D eigenvalue weighted by molar-refractivity contribution is 7.89. The van der Waals surface area contributed by atoms with E-state index in [-0.39, 0.29) is 29.4 Å². The Labute approximate surface area is 199 Å². The Morgan fingerprint density at radius 2 is 1.82 bits per heavy atom. The van der Waals surface area contributed by atoms with Gasteiger partial charge in [0, 0.05) is 40.0 Å². The lowest BCUT2D eigenvalue weighted by Crippen LogP contribution is -2.30. The highest BCUT2D eigenvalue weighted by atomic mass is 32.2. The number of oxazole rings is 1. The van der Waals surface area contributed by atoms with Crippen LogP contribution in [0.2, 0.25) is 0 Å². The third-order valence-electron chi connectivity index (χ3n) is 5.33. The number of sulfonamides is 1. The normalized spacial score (nSPS) is 11.6. The summed E-state index contributed by atoms with van der Waals surface area (Å²) < 4.78 is 46.8. The molecule has 0 atom stereocenters. The molecule has 0 fully saturated rings. The Kier molecular flexibility index (Phi) is 8.06. The Morgan fingerprint density at radius 1 is 1.12 bits per heavy atom. The first-order valence-electron chi connectivity index (χ1n) is 11.0. The zero-order valence-electron chi connectivity index (χ0n) is 19.7. The molecule has 0 bridgehead atoms. The van der Waals surface area contributed by atoms with E-state index < -0.39 is 15.8 Å². The van der Waals surface area contributed by atoms with Crippen LogP contribution in [0.25, 0.3) is 11.3 Å². The van der Waals surface area contributed by atoms with Crippen molar-refractivity contribution in [3.05, 3.63) is 60.4 Å². The van der Waals surface area contributed by atoms with Crippen LogP contribution < -0.4 is 10.2 Å². The maximum atomic E-state index is 14.0. The van der Waals surface area contributed by atoms with Gasteiger partial charge in [0.15, 0.2) is 11.7 Å². The van der Waals surface area contributed by atoms with Gasteiger partial charge in [0.05, 0.1) is 28.0 Å². The minimum absolute atomic E-state index is 0.0527. The van der Waals surface area contributed by atoms with Crippen LogP contribution in [0.1, 0.15) is 26.2 Å². The Morgan fingerprint density at radius 3 is 2.47 bits per heavy atom. The topological polar surface area (TPSA) is 95.8 Å². The second-order valence-corrected chi connectivity index (χ2v) is 9.75. The third kappa shape index (κ3) is 5.63. The van der Waals surface area contributed by atoms with Crippen molar-refractivity contribution in [1.82, 2.24) is 9.29 Å².